The molecule has 1 aromatic carbocycles. The average Bonchev–Trinajstić information content (AvgIpc) is 2.56. The molecule has 0 atom stereocenters. The van der Waals surface area contributed by atoms with E-state index in [2.05, 4.69) is 37.1 Å². The van der Waals surface area contributed by atoms with Gasteiger partial charge in [-0.1, -0.05) is 29.3 Å². The Morgan fingerprint density at radius 1 is 1.17 bits per heavy atom. The molecule has 3 nitrogen and oxygen atoms in total. The SMILES string of the molecule is Cc1cc(C)cc(CC(=O)c2c(C)cnn2C)c1. The molecule has 0 spiro atoms. The van der Waals surface area contributed by atoms with Crippen molar-refractivity contribution in [2.75, 3.05) is 0 Å². The van der Waals surface area contributed by atoms with E-state index in [9.17, 15) is 4.79 Å². The van der Waals surface area contributed by atoms with Gasteiger partial charge < -0.3 is 0 Å². The Hall–Kier alpha value is -1.90. The minimum atomic E-state index is 0.123. The van der Waals surface area contributed by atoms with Gasteiger partial charge in [0.25, 0.3) is 0 Å². The summed E-state index contributed by atoms with van der Waals surface area (Å²) in [7, 11) is 1.81. The summed E-state index contributed by atoms with van der Waals surface area (Å²) in [4.78, 5) is 12.3. The van der Waals surface area contributed by atoms with Gasteiger partial charge in [-0.2, -0.15) is 5.10 Å². The number of benzene rings is 1. The van der Waals surface area contributed by atoms with Crippen LogP contribution in [0.2, 0.25) is 0 Å². The lowest BCUT2D eigenvalue weighted by Gasteiger charge is -2.06. The molecule has 1 aromatic heterocycles. The standard InChI is InChI=1S/C15H18N2O/c1-10-5-11(2)7-13(6-10)8-14(18)15-12(3)9-16-17(15)4/h5-7,9H,8H2,1-4H3. The van der Waals surface area contributed by atoms with Crippen LogP contribution in [0.4, 0.5) is 0 Å². The van der Waals surface area contributed by atoms with Gasteiger partial charge in [0.15, 0.2) is 5.78 Å². The van der Waals surface area contributed by atoms with Crippen LogP contribution < -0.4 is 0 Å². The number of ketones is 1. The number of carbonyl (C=O) groups is 1. The van der Waals surface area contributed by atoms with E-state index in [-0.39, 0.29) is 5.78 Å². The smallest absolute Gasteiger partial charge is 0.185 e. The highest BCUT2D eigenvalue weighted by Crippen LogP contribution is 2.14. The molecule has 18 heavy (non-hydrogen) atoms. The van der Waals surface area contributed by atoms with E-state index in [0.717, 1.165) is 11.1 Å². The lowest BCUT2D eigenvalue weighted by molar-refractivity contribution is 0.0983. The fourth-order valence-electron chi connectivity index (χ4n) is 2.39. The van der Waals surface area contributed by atoms with E-state index < -0.39 is 0 Å². The van der Waals surface area contributed by atoms with Crippen LogP contribution in [0.3, 0.4) is 0 Å². The molecule has 1 heterocycles. The monoisotopic (exact) mass is 242 g/mol. The van der Waals surface area contributed by atoms with Crippen molar-refractivity contribution in [1.29, 1.82) is 0 Å². The maximum absolute atomic E-state index is 12.3. The van der Waals surface area contributed by atoms with E-state index in [0.29, 0.717) is 12.1 Å². The molecule has 0 aliphatic heterocycles. The van der Waals surface area contributed by atoms with E-state index in [1.807, 2.05) is 14.0 Å². The number of hydrogen-bond donors (Lipinski definition) is 0. The maximum Gasteiger partial charge on any atom is 0.185 e. The van der Waals surface area contributed by atoms with Gasteiger partial charge in [0.1, 0.15) is 5.69 Å². The van der Waals surface area contributed by atoms with Gasteiger partial charge in [-0.05, 0) is 31.9 Å². The Bertz CT molecular complexity index is 557. The second-order valence-corrected chi connectivity index (χ2v) is 4.90. The summed E-state index contributed by atoms with van der Waals surface area (Å²) >= 11 is 0. The molecule has 2 rings (SSSR count). The van der Waals surface area contributed by atoms with Gasteiger partial charge in [0.05, 0.1) is 6.20 Å². The summed E-state index contributed by atoms with van der Waals surface area (Å²) in [6.07, 6.45) is 2.16. The number of aryl methyl sites for hydroxylation is 4. The third-order valence-electron chi connectivity index (χ3n) is 3.03. The molecule has 0 fully saturated rings. The van der Waals surface area contributed by atoms with Crippen LogP contribution in [0.15, 0.2) is 24.4 Å². The lowest BCUT2D eigenvalue weighted by atomic mass is 10.0. The Balaban J connectivity index is 2.27. The minimum Gasteiger partial charge on any atom is -0.292 e. The first-order valence-corrected chi connectivity index (χ1v) is 6.06. The molecule has 0 amide bonds. The summed E-state index contributed by atoms with van der Waals surface area (Å²) in [6, 6.07) is 6.25. The largest absolute Gasteiger partial charge is 0.292 e. The van der Waals surface area contributed by atoms with E-state index >= 15 is 0 Å². The second-order valence-electron chi connectivity index (χ2n) is 4.90. The highest BCUT2D eigenvalue weighted by atomic mass is 16.1. The molecule has 0 aliphatic rings. The van der Waals surface area contributed by atoms with Crippen molar-refractivity contribution in [3.05, 3.63) is 52.3 Å². The first-order chi connectivity index (χ1) is 8.47. The summed E-state index contributed by atoms with van der Waals surface area (Å²) in [6.45, 7) is 6.02. The predicted molar refractivity (Wildman–Crippen MR) is 71.9 cm³/mol. The van der Waals surface area contributed by atoms with Crippen molar-refractivity contribution >= 4 is 5.78 Å². The van der Waals surface area contributed by atoms with Crippen molar-refractivity contribution in [2.45, 2.75) is 27.2 Å². The van der Waals surface area contributed by atoms with Crippen LogP contribution in [-0.4, -0.2) is 15.6 Å². The van der Waals surface area contributed by atoms with Crippen molar-refractivity contribution in [2.24, 2.45) is 7.05 Å². The summed E-state index contributed by atoms with van der Waals surface area (Å²) < 4.78 is 1.65. The zero-order valence-electron chi connectivity index (χ0n) is 11.3. The molecule has 2 aromatic rings. The maximum atomic E-state index is 12.3. The third kappa shape index (κ3) is 2.50. The minimum absolute atomic E-state index is 0.123. The number of Topliss-reactive ketones (excluding diaryl/α,β-unsaturated/α-hetero) is 1. The van der Waals surface area contributed by atoms with Crippen LogP contribution in [0.25, 0.3) is 0 Å². The van der Waals surface area contributed by atoms with Crippen LogP contribution in [0, 0.1) is 20.8 Å². The topological polar surface area (TPSA) is 34.9 Å². The number of aromatic nitrogens is 2. The predicted octanol–water partition coefficient (Wildman–Crippen LogP) is 2.77. The van der Waals surface area contributed by atoms with Crippen LogP contribution in [-0.2, 0) is 13.5 Å². The van der Waals surface area contributed by atoms with Crippen molar-refractivity contribution in [3.63, 3.8) is 0 Å². The van der Waals surface area contributed by atoms with Crippen LogP contribution in [0.5, 0.6) is 0 Å². The molecule has 0 saturated heterocycles. The van der Waals surface area contributed by atoms with Crippen molar-refractivity contribution in [1.82, 2.24) is 9.78 Å². The molecule has 0 radical (unpaired) electrons. The zero-order chi connectivity index (χ0) is 13.3. The van der Waals surface area contributed by atoms with Gasteiger partial charge in [-0.3, -0.25) is 9.48 Å². The number of hydrogen-bond acceptors (Lipinski definition) is 2. The lowest BCUT2D eigenvalue weighted by Crippen LogP contribution is -2.11. The molecule has 94 valence electrons. The normalized spacial score (nSPS) is 10.7. The van der Waals surface area contributed by atoms with Crippen LogP contribution >= 0.6 is 0 Å². The molecule has 0 unspecified atom stereocenters. The van der Waals surface area contributed by atoms with Gasteiger partial charge in [-0.25, -0.2) is 0 Å². The van der Waals surface area contributed by atoms with Gasteiger partial charge in [0.2, 0.25) is 0 Å². The zero-order valence-corrected chi connectivity index (χ0v) is 11.3. The Labute approximate surface area is 107 Å². The number of carbonyl (C=O) groups excluding carboxylic acids is 1. The highest BCUT2D eigenvalue weighted by molar-refractivity contribution is 5.97. The average molecular weight is 242 g/mol. The molecule has 0 saturated carbocycles. The Morgan fingerprint density at radius 2 is 1.78 bits per heavy atom. The summed E-state index contributed by atoms with van der Waals surface area (Å²) in [5.74, 6) is 0.123. The van der Waals surface area contributed by atoms with Crippen molar-refractivity contribution < 1.29 is 4.79 Å². The molecule has 0 bridgehead atoms. The second kappa shape index (κ2) is 4.77. The fraction of sp³-hybridized carbons (Fsp3) is 0.333. The van der Waals surface area contributed by atoms with E-state index in [1.54, 1.807) is 10.9 Å². The first kappa shape index (κ1) is 12.6. The molecular formula is C15H18N2O. The fourth-order valence-corrected chi connectivity index (χ4v) is 2.39. The molecule has 0 aliphatic carbocycles. The number of rotatable bonds is 3. The third-order valence-corrected chi connectivity index (χ3v) is 3.03. The quantitative estimate of drug-likeness (QED) is 0.776. The summed E-state index contributed by atoms with van der Waals surface area (Å²) in [5.41, 5.74) is 5.10. The molecule has 3 heteroatoms. The van der Waals surface area contributed by atoms with Gasteiger partial charge >= 0.3 is 0 Å². The Kier molecular flexibility index (Phi) is 3.32. The summed E-state index contributed by atoms with van der Waals surface area (Å²) in [5, 5.41) is 4.11. The molecule has 0 N–H and O–H groups in total. The highest BCUT2D eigenvalue weighted by Gasteiger charge is 2.14. The number of nitrogens with zero attached hydrogens (tertiary/aromatic N) is 2. The van der Waals surface area contributed by atoms with Gasteiger partial charge in [-0.15, -0.1) is 0 Å². The van der Waals surface area contributed by atoms with Gasteiger partial charge in [0, 0.05) is 13.5 Å². The first-order valence-electron chi connectivity index (χ1n) is 6.06. The van der Waals surface area contributed by atoms with E-state index in [1.165, 1.54) is 11.1 Å². The van der Waals surface area contributed by atoms with Crippen molar-refractivity contribution in [3.8, 4) is 0 Å². The van der Waals surface area contributed by atoms with Crippen LogP contribution in [0.1, 0.15) is 32.7 Å². The molecular weight excluding hydrogens is 224 g/mol. The Morgan fingerprint density at radius 3 is 2.28 bits per heavy atom. The van der Waals surface area contributed by atoms with E-state index in [4.69, 9.17) is 0 Å².